The van der Waals surface area contributed by atoms with Gasteiger partial charge in [-0.25, -0.2) is 43.1 Å². The minimum atomic E-state index is -1.28. The van der Waals surface area contributed by atoms with Crippen LogP contribution < -0.4 is 29.9 Å². The number of amides is 4. The van der Waals surface area contributed by atoms with Gasteiger partial charge in [-0.3, -0.25) is 29.0 Å². The molecule has 2 unspecified atom stereocenters. The number of fused-ring (bicyclic) bond motifs is 2. The first kappa shape index (κ1) is 42.4. The lowest BCUT2D eigenvalue weighted by molar-refractivity contribution is -0.122. The predicted molar refractivity (Wildman–Crippen MR) is 221 cm³/mol. The molecule has 3 atom stereocenters. The molecule has 4 aromatic heterocycles. The van der Waals surface area contributed by atoms with Crippen LogP contribution in [0.25, 0.3) is 22.5 Å². The van der Waals surface area contributed by atoms with Gasteiger partial charge in [-0.1, -0.05) is 35.3 Å². The van der Waals surface area contributed by atoms with Crippen LogP contribution in [0, 0.1) is 17.5 Å². The molecule has 0 fully saturated rings. The number of hydrogen-bond donors (Lipinski definition) is 2. The molecule has 0 spiro atoms. The lowest BCUT2D eigenvalue weighted by Crippen LogP contribution is -2.53. The summed E-state index contributed by atoms with van der Waals surface area (Å²) in [5.74, 6) is -5.04. The summed E-state index contributed by atoms with van der Waals surface area (Å²) in [6.07, 6.45) is 2.82. The third-order valence-electron chi connectivity index (χ3n) is 10.1. The molecule has 2 aliphatic rings. The minimum Gasteiger partial charge on any atom is -0.487 e. The fourth-order valence-corrected chi connectivity index (χ4v) is 7.18. The van der Waals surface area contributed by atoms with E-state index in [0.29, 0.717) is 23.3 Å². The lowest BCUT2D eigenvalue weighted by Gasteiger charge is -2.23. The van der Waals surface area contributed by atoms with Gasteiger partial charge in [0.05, 0.1) is 33.8 Å². The molecule has 2 aliphatic heterocycles. The molecular weight excluding hydrogens is 868 g/mol. The van der Waals surface area contributed by atoms with Crippen LogP contribution >= 0.6 is 23.2 Å². The first-order valence-electron chi connectivity index (χ1n) is 18.9. The Bertz CT molecular complexity index is 2860. The van der Waals surface area contributed by atoms with Crippen LogP contribution in [0.2, 0.25) is 10.0 Å². The van der Waals surface area contributed by atoms with Gasteiger partial charge in [0.25, 0.3) is 23.6 Å². The molecule has 0 bridgehead atoms. The van der Waals surface area contributed by atoms with Crippen LogP contribution in [-0.2, 0) is 16.0 Å². The van der Waals surface area contributed by atoms with Crippen LogP contribution in [0.15, 0.2) is 79.3 Å². The number of pyridine rings is 2. The average Bonchev–Trinajstić information content (AvgIpc) is 3.43. The summed E-state index contributed by atoms with van der Waals surface area (Å²) < 4.78 is 55.7. The van der Waals surface area contributed by atoms with Crippen LogP contribution in [0.1, 0.15) is 39.4 Å². The number of rotatable bonds is 8. The zero-order valence-electron chi connectivity index (χ0n) is 33.1. The normalized spacial score (nSPS) is 17.1. The Hall–Kier alpha value is -7.25. The van der Waals surface area contributed by atoms with E-state index < -0.39 is 65.1 Å². The first-order chi connectivity index (χ1) is 30.2. The summed E-state index contributed by atoms with van der Waals surface area (Å²) in [5.41, 5.74) is 0.524. The van der Waals surface area contributed by atoms with Crippen molar-refractivity contribution in [3.05, 3.63) is 130 Å². The van der Waals surface area contributed by atoms with Crippen molar-refractivity contribution in [1.82, 2.24) is 40.5 Å². The Kier molecular flexibility index (Phi) is 11.6. The van der Waals surface area contributed by atoms with E-state index in [0.717, 1.165) is 18.3 Å². The Labute approximate surface area is 365 Å². The third-order valence-corrected chi connectivity index (χ3v) is 10.6. The van der Waals surface area contributed by atoms with E-state index in [1.165, 1.54) is 48.4 Å². The van der Waals surface area contributed by atoms with E-state index in [1.54, 1.807) is 37.3 Å². The van der Waals surface area contributed by atoms with E-state index in [4.69, 9.17) is 32.7 Å². The second-order valence-electron chi connectivity index (χ2n) is 14.2. The van der Waals surface area contributed by atoms with Gasteiger partial charge in [-0.2, -0.15) is 0 Å². The molecule has 0 saturated heterocycles. The van der Waals surface area contributed by atoms with Crippen molar-refractivity contribution in [1.29, 1.82) is 0 Å². The zero-order chi connectivity index (χ0) is 44.7. The highest BCUT2D eigenvalue weighted by Gasteiger charge is 2.38. The maximum Gasteiger partial charge on any atom is 0.289 e. The van der Waals surface area contributed by atoms with Gasteiger partial charge < -0.3 is 20.1 Å². The molecule has 2 aromatic carbocycles. The number of anilines is 2. The minimum absolute atomic E-state index is 0.0293. The number of ether oxygens (including phenoxy) is 2. The molecule has 0 aliphatic carbocycles. The van der Waals surface area contributed by atoms with E-state index in [2.05, 4.69) is 40.5 Å². The number of carbonyl (C=O) groups excluding carboxylic acids is 4. The van der Waals surface area contributed by atoms with Crippen molar-refractivity contribution >= 4 is 58.5 Å². The Morgan fingerprint density at radius 2 is 1.48 bits per heavy atom. The highest BCUT2D eigenvalue weighted by Crippen LogP contribution is 2.34. The molecule has 2 N–H and O–H groups in total. The molecule has 0 radical (unpaired) electrons. The number of likely N-dealkylation sites (N-methyl/N-ethyl adjacent to an activating group) is 2. The number of nitrogens with zero attached hydrogens (tertiary/aromatic N) is 8. The second-order valence-corrected chi connectivity index (χ2v) is 15.1. The van der Waals surface area contributed by atoms with E-state index in [1.807, 2.05) is 0 Å². The smallest absolute Gasteiger partial charge is 0.289 e. The van der Waals surface area contributed by atoms with Gasteiger partial charge in [-0.05, 0) is 55.0 Å². The van der Waals surface area contributed by atoms with Gasteiger partial charge in [-0.15, -0.1) is 0 Å². The van der Waals surface area contributed by atoms with Gasteiger partial charge in [0.15, 0.2) is 23.1 Å². The number of hydrogen-bond acceptors (Lipinski definition) is 12. The van der Waals surface area contributed by atoms with Crippen LogP contribution in [0.4, 0.5) is 24.8 Å². The van der Waals surface area contributed by atoms with E-state index >= 15 is 4.39 Å². The van der Waals surface area contributed by atoms with Gasteiger partial charge >= 0.3 is 0 Å². The quantitative estimate of drug-likeness (QED) is 0.198. The number of halogens is 5. The Morgan fingerprint density at radius 3 is 2.21 bits per heavy atom. The number of nitrogens with one attached hydrogen (secondary N) is 2. The van der Waals surface area contributed by atoms with Gasteiger partial charge in [0, 0.05) is 49.6 Å². The van der Waals surface area contributed by atoms with Crippen molar-refractivity contribution in [2.24, 2.45) is 0 Å². The molecule has 8 rings (SSSR count). The fourth-order valence-electron chi connectivity index (χ4n) is 6.79. The lowest BCUT2D eigenvalue weighted by atomic mass is 10.0. The molecule has 21 heteroatoms. The van der Waals surface area contributed by atoms with E-state index in [9.17, 15) is 28.0 Å². The summed E-state index contributed by atoms with van der Waals surface area (Å²) in [5, 5.41) is 5.08. The van der Waals surface area contributed by atoms with Crippen molar-refractivity contribution in [3.63, 3.8) is 0 Å². The monoisotopic (exact) mass is 898 g/mol. The van der Waals surface area contributed by atoms with Crippen LogP contribution in [0.5, 0.6) is 11.5 Å². The highest BCUT2D eigenvalue weighted by atomic mass is 35.5. The summed E-state index contributed by atoms with van der Waals surface area (Å²) in [7, 11) is 2.94. The maximum atomic E-state index is 15.8. The zero-order valence-corrected chi connectivity index (χ0v) is 34.6. The number of carbonyl (C=O) groups is 4. The van der Waals surface area contributed by atoms with Crippen molar-refractivity contribution in [2.75, 3.05) is 30.5 Å². The third kappa shape index (κ3) is 8.52. The van der Waals surface area contributed by atoms with Crippen molar-refractivity contribution in [2.45, 2.75) is 31.5 Å². The molecule has 6 aromatic rings. The Balaban J connectivity index is 0.955. The van der Waals surface area contributed by atoms with Crippen molar-refractivity contribution in [3.8, 4) is 34.0 Å². The van der Waals surface area contributed by atoms with Crippen LogP contribution in [-0.4, -0.2) is 92.4 Å². The molecule has 0 saturated carbocycles. The summed E-state index contributed by atoms with van der Waals surface area (Å²) in [4.78, 5) is 81.1. The molecule has 16 nitrogen and oxygen atoms in total. The second kappa shape index (κ2) is 17.3. The molecule has 4 amide bonds. The maximum absolute atomic E-state index is 15.8. The average molecular weight is 900 g/mol. The SMILES string of the molecule is CC1Oc2ccc(Cc3ccc(-c4nc(C(=O)NC5COc6cccnc6N(C)C5=O)ncc4Cl)cc3F)nc2N(C)C(=O)[C@H]1NC(=O)c1ncc(Cl)c(-c2ccc(F)cc2F)n1. The number of benzene rings is 2. The first-order valence-corrected chi connectivity index (χ1v) is 19.6. The van der Waals surface area contributed by atoms with Crippen molar-refractivity contribution < 1.29 is 41.8 Å². The topological polar surface area (TPSA) is 195 Å². The molecule has 6 heterocycles. The molecular formula is C42H31Cl2F3N10O6. The van der Waals surface area contributed by atoms with Gasteiger partial charge in [0.2, 0.25) is 11.6 Å². The Morgan fingerprint density at radius 1 is 0.778 bits per heavy atom. The number of aromatic nitrogens is 6. The highest BCUT2D eigenvalue weighted by molar-refractivity contribution is 6.33. The van der Waals surface area contributed by atoms with E-state index in [-0.39, 0.29) is 68.5 Å². The summed E-state index contributed by atoms with van der Waals surface area (Å²) >= 11 is 12.6. The van der Waals surface area contributed by atoms with Gasteiger partial charge in [0.1, 0.15) is 42.2 Å². The molecule has 63 heavy (non-hydrogen) atoms. The fraction of sp³-hybridized carbons (Fsp3) is 0.190. The molecule has 320 valence electrons. The van der Waals surface area contributed by atoms with Crippen LogP contribution in [0.3, 0.4) is 0 Å². The standard InChI is InChI=1S/C42H31Cl2F3N10O6/c1-19-32(55-40(59)36-50-17-26(44)34(54-36)24-10-8-22(45)15-28(24)47)42(61)57(3)38-31(63-19)11-9-23(51-38)13-20-6-7-21(14-27(20)46)33-25(43)16-49-35(53-33)39(58)52-29-18-62-30-5-4-12-48-37(30)56(2)41(29)60/h4-12,14-17,19,29,32H,13,18H2,1-3H3,(H,52,58)(H,55,59)/t19?,29?,32-/m0/s1. The predicted octanol–water partition coefficient (Wildman–Crippen LogP) is 5.40. The summed E-state index contributed by atoms with van der Waals surface area (Å²) in [6, 6.07) is 11.1. The largest absolute Gasteiger partial charge is 0.487 e. The summed E-state index contributed by atoms with van der Waals surface area (Å²) in [6.45, 7) is 1.38.